The van der Waals surface area contributed by atoms with Crippen LogP contribution in [0.15, 0.2) is 30.3 Å². The minimum Gasteiger partial charge on any atom is -0.215 e. The van der Waals surface area contributed by atoms with E-state index in [-0.39, 0.29) is 0 Å². The topological polar surface area (TPSA) is 43.6 Å². The Balaban J connectivity index is 2.24. The molecule has 3 aromatic rings. The van der Waals surface area contributed by atoms with Gasteiger partial charge in [0.25, 0.3) is 5.95 Å². The molecule has 1 radical (unpaired) electrons. The van der Waals surface area contributed by atoms with E-state index >= 15 is 0 Å². The van der Waals surface area contributed by atoms with Crippen molar-refractivity contribution in [3.63, 3.8) is 0 Å². The fraction of sp³-hybridized carbons (Fsp3) is 0.250. The Bertz CT molecular complexity index is 758. The van der Waals surface area contributed by atoms with Crippen molar-refractivity contribution in [2.45, 2.75) is 26.7 Å². The monoisotopic (exact) mass is 265 g/mol. The predicted molar refractivity (Wildman–Crippen MR) is 79.8 cm³/mol. The highest BCUT2D eigenvalue weighted by molar-refractivity contribution is 5.81. The molecular formula is C16H17N4. The van der Waals surface area contributed by atoms with Crippen LogP contribution in [0.5, 0.6) is 0 Å². The van der Waals surface area contributed by atoms with Crippen molar-refractivity contribution in [3.8, 4) is 5.95 Å². The molecule has 0 aliphatic rings. The molecule has 0 saturated carbocycles. The van der Waals surface area contributed by atoms with Crippen LogP contribution in [0.1, 0.15) is 23.5 Å². The molecular weight excluding hydrogens is 248 g/mol. The smallest absolute Gasteiger partial charge is 0.215 e. The van der Waals surface area contributed by atoms with E-state index < -0.39 is 0 Å². The molecule has 0 aliphatic carbocycles. The minimum atomic E-state index is 0.637. The standard InChI is InChI=1S/C16H17N4/c1-4-7-14-13-8-5-6-9-15(13)18-16(17-14)20-12(3)10-11(2)19-20/h5-6,8-10H,1,4,7H2,2-3H3. The first kappa shape index (κ1) is 12.8. The zero-order chi connectivity index (χ0) is 14.1. The minimum absolute atomic E-state index is 0.637. The number of hydrogen-bond donors (Lipinski definition) is 0. The van der Waals surface area contributed by atoms with Crippen LogP contribution in [-0.4, -0.2) is 19.7 Å². The quantitative estimate of drug-likeness (QED) is 0.730. The molecule has 0 saturated heterocycles. The van der Waals surface area contributed by atoms with E-state index in [1.165, 1.54) is 0 Å². The number of fused-ring (bicyclic) bond motifs is 1. The Morgan fingerprint density at radius 2 is 1.95 bits per heavy atom. The molecule has 3 rings (SSSR count). The van der Waals surface area contributed by atoms with E-state index in [2.05, 4.69) is 28.1 Å². The Hall–Kier alpha value is -2.23. The largest absolute Gasteiger partial charge is 0.251 e. The second kappa shape index (κ2) is 5.04. The molecule has 4 heteroatoms. The summed E-state index contributed by atoms with van der Waals surface area (Å²) in [6.07, 6.45) is 1.66. The van der Waals surface area contributed by atoms with Gasteiger partial charge in [0.15, 0.2) is 0 Å². The fourth-order valence-corrected chi connectivity index (χ4v) is 2.41. The van der Waals surface area contributed by atoms with Crippen molar-refractivity contribution in [2.75, 3.05) is 0 Å². The Kier molecular flexibility index (Phi) is 3.22. The summed E-state index contributed by atoms with van der Waals surface area (Å²) in [4.78, 5) is 9.32. The Morgan fingerprint density at radius 1 is 1.15 bits per heavy atom. The van der Waals surface area contributed by atoms with E-state index in [4.69, 9.17) is 0 Å². The summed E-state index contributed by atoms with van der Waals surface area (Å²) >= 11 is 0. The van der Waals surface area contributed by atoms with Gasteiger partial charge in [0.2, 0.25) is 0 Å². The molecule has 0 N–H and O–H groups in total. The Morgan fingerprint density at radius 3 is 2.65 bits per heavy atom. The van der Waals surface area contributed by atoms with Gasteiger partial charge < -0.3 is 0 Å². The number of rotatable bonds is 3. The molecule has 2 aromatic heterocycles. The normalized spacial score (nSPS) is 11.2. The zero-order valence-corrected chi connectivity index (χ0v) is 11.8. The van der Waals surface area contributed by atoms with Gasteiger partial charge in [-0.15, -0.1) is 0 Å². The van der Waals surface area contributed by atoms with E-state index in [1.807, 2.05) is 38.1 Å². The maximum absolute atomic E-state index is 4.68. The van der Waals surface area contributed by atoms with Crippen molar-refractivity contribution in [1.29, 1.82) is 0 Å². The highest BCUT2D eigenvalue weighted by Crippen LogP contribution is 2.19. The maximum Gasteiger partial charge on any atom is 0.251 e. The van der Waals surface area contributed by atoms with Gasteiger partial charge in [-0.2, -0.15) is 5.10 Å². The van der Waals surface area contributed by atoms with E-state index in [0.717, 1.165) is 40.8 Å². The van der Waals surface area contributed by atoms with Gasteiger partial charge in [-0.05, 0) is 38.8 Å². The highest BCUT2D eigenvalue weighted by Gasteiger charge is 2.11. The molecule has 0 unspecified atom stereocenters. The molecule has 0 spiro atoms. The molecule has 20 heavy (non-hydrogen) atoms. The van der Waals surface area contributed by atoms with Crippen molar-refractivity contribution >= 4 is 10.9 Å². The number of benzene rings is 1. The second-order valence-corrected chi connectivity index (χ2v) is 4.93. The number of aromatic nitrogens is 4. The lowest BCUT2D eigenvalue weighted by Crippen LogP contribution is -2.07. The van der Waals surface area contributed by atoms with Crippen molar-refractivity contribution in [3.05, 3.63) is 54.3 Å². The lowest BCUT2D eigenvalue weighted by molar-refractivity contribution is 0.767. The van der Waals surface area contributed by atoms with Crippen LogP contribution < -0.4 is 0 Å². The molecule has 101 valence electrons. The lowest BCUT2D eigenvalue weighted by atomic mass is 10.1. The molecule has 4 nitrogen and oxygen atoms in total. The summed E-state index contributed by atoms with van der Waals surface area (Å²) < 4.78 is 1.80. The van der Waals surface area contributed by atoms with E-state index in [1.54, 1.807) is 4.68 Å². The van der Waals surface area contributed by atoms with Gasteiger partial charge in [-0.3, -0.25) is 0 Å². The van der Waals surface area contributed by atoms with Crippen LogP contribution in [0.4, 0.5) is 0 Å². The Labute approximate surface area is 118 Å². The summed E-state index contributed by atoms with van der Waals surface area (Å²) in [6, 6.07) is 10.1. The first-order valence-electron chi connectivity index (χ1n) is 6.77. The molecule has 0 aliphatic heterocycles. The lowest BCUT2D eigenvalue weighted by Gasteiger charge is -2.08. The molecule has 0 amide bonds. The van der Waals surface area contributed by atoms with Crippen LogP contribution in [-0.2, 0) is 6.42 Å². The van der Waals surface area contributed by atoms with Gasteiger partial charge >= 0.3 is 0 Å². The summed E-state index contributed by atoms with van der Waals surface area (Å²) in [5.74, 6) is 0.637. The number of aryl methyl sites for hydroxylation is 3. The molecule has 1 aromatic carbocycles. The van der Waals surface area contributed by atoms with Crippen molar-refractivity contribution in [1.82, 2.24) is 19.7 Å². The number of para-hydroxylation sites is 1. The first-order chi connectivity index (χ1) is 9.69. The average molecular weight is 265 g/mol. The summed E-state index contributed by atoms with van der Waals surface area (Å²) in [5, 5.41) is 5.56. The van der Waals surface area contributed by atoms with Crippen LogP contribution >= 0.6 is 0 Å². The summed E-state index contributed by atoms with van der Waals surface area (Å²) in [7, 11) is 0. The third-order valence-corrected chi connectivity index (χ3v) is 3.28. The SMILES string of the molecule is [CH2]CCc1nc(-n2nc(C)cc2C)nc2ccccc12. The second-order valence-electron chi connectivity index (χ2n) is 4.93. The third kappa shape index (κ3) is 2.18. The molecule has 0 atom stereocenters. The van der Waals surface area contributed by atoms with Crippen LogP contribution in [0.2, 0.25) is 0 Å². The zero-order valence-electron chi connectivity index (χ0n) is 11.8. The number of hydrogen-bond acceptors (Lipinski definition) is 3. The predicted octanol–water partition coefficient (Wildman–Crippen LogP) is 3.20. The summed E-state index contributed by atoms with van der Waals surface area (Å²) in [5.41, 5.74) is 4.00. The van der Waals surface area contributed by atoms with Crippen LogP contribution in [0, 0.1) is 20.8 Å². The van der Waals surface area contributed by atoms with Gasteiger partial charge in [0, 0.05) is 11.1 Å². The van der Waals surface area contributed by atoms with E-state index in [0.29, 0.717) is 5.95 Å². The molecule has 2 heterocycles. The van der Waals surface area contributed by atoms with Crippen molar-refractivity contribution in [2.24, 2.45) is 0 Å². The molecule has 0 bridgehead atoms. The molecule has 0 fully saturated rings. The van der Waals surface area contributed by atoms with Crippen molar-refractivity contribution < 1.29 is 0 Å². The first-order valence-corrected chi connectivity index (χ1v) is 6.77. The van der Waals surface area contributed by atoms with Gasteiger partial charge in [-0.25, -0.2) is 14.6 Å². The van der Waals surface area contributed by atoms with Crippen LogP contribution in [0.3, 0.4) is 0 Å². The highest BCUT2D eigenvalue weighted by atomic mass is 15.4. The average Bonchev–Trinajstić information content (AvgIpc) is 2.78. The number of nitrogens with zero attached hydrogens (tertiary/aromatic N) is 4. The fourth-order valence-electron chi connectivity index (χ4n) is 2.41. The van der Waals surface area contributed by atoms with E-state index in [9.17, 15) is 0 Å². The maximum atomic E-state index is 4.68. The third-order valence-electron chi connectivity index (χ3n) is 3.28. The van der Waals surface area contributed by atoms with Gasteiger partial charge in [-0.1, -0.05) is 25.1 Å². The van der Waals surface area contributed by atoms with Crippen LogP contribution in [0.25, 0.3) is 16.9 Å². The summed E-state index contributed by atoms with van der Waals surface area (Å²) in [6.45, 7) is 7.92. The van der Waals surface area contributed by atoms with Gasteiger partial charge in [0.05, 0.1) is 16.9 Å². The van der Waals surface area contributed by atoms with Gasteiger partial charge in [0.1, 0.15) is 0 Å².